The van der Waals surface area contributed by atoms with E-state index in [1.807, 2.05) is 29.8 Å². The number of rotatable bonds is 9. The van der Waals surface area contributed by atoms with Crippen molar-refractivity contribution in [2.45, 2.75) is 13.0 Å². The fourth-order valence-electron chi connectivity index (χ4n) is 1.70. The Kier molecular flexibility index (Phi) is 6.38. The van der Waals surface area contributed by atoms with Crippen molar-refractivity contribution in [3.63, 3.8) is 0 Å². The maximum atomic E-state index is 10.8. The van der Waals surface area contributed by atoms with Crippen molar-refractivity contribution in [2.75, 3.05) is 40.3 Å². The molecule has 1 rings (SSSR count). The average Bonchev–Trinajstić information content (AvgIpc) is 2.77. The quantitative estimate of drug-likeness (QED) is 0.683. The van der Waals surface area contributed by atoms with Gasteiger partial charge in [-0.05, 0) is 20.5 Å². The van der Waals surface area contributed by atoms with Gasteiger partial charge in [-0.2, -0.15) is 0 Å². The van der Waals surface area contributed by atoms with Gasteiger partial charge in [-0.3, -0.25) is 9.69 Å². The first-order chi connectivity index (χ1) is 8.58. The normalized spacial score (nSPS) is 11.3. The smallest absolute Gasteiger partial charge is 0.317 e. The molecule has 0 fully saturated rings. The van der Waals surface area contributed by atoms with Crippen LogP contribution in [0.3, 0.4) is 0 Å². The van der Waals surface area contributed by atoms with E-state index in [-0.39, 0.29) is 6.54 Å². The second-order valence-corrected chi connectivity index (χ2v) is 4.63. The Bertz CT molecular complexity index is 338. The van der Waals surface area contributed by atoms with Crippen molar-refractivity contribution in [2.24, 2.45) is 0 Å². The summed E-state index contributed by atoms with van der Waals surface area (Å²) in [5, 5.41) is 8.86. The van der Waals surface area contributed by atoms with Crippen LogP contribution in [0.15, 0.2) is 18.7 Å². The molecule has 0 aliphatic carbocycles. The first-order valence-corrected chi connectivity index (χ1v) is 6.12. The predicted molar refractivity (Wildman–Crippen MR) is 69.5 cm³/mol. The summed E-state index contributed by atoms with van der Waals surface area (Å²) < 4.78 is 2.00. The number of nitrogens with zero attached hydrogens (tertiary/aromatic N) is 4. The van der Waals surface area contributed by atoms with Crippen LogP contribution in [0, 0.1) is 0 Å². The Morgan fingerprint density at radius 1 is 1.33 bits per heavy atom. The largest absolute Gasteiger partial charge is 0.480 e. The van der Waals surface area contributed by atoms with Gasteiger partial charge in [0.1, 0.15) is 0 Å². The minimum absolute atomic E-state index is 0.109. The monoisotopic (exact) mass is 254 g/mol. The van der Waals surface area contributed by atoms with Gasteiger partial charge in [0, 0.05) is 38.6 Å². The first-order valence-electron chi connectivity index (χ1n) is 6.12. The minimum Gasteiger partial charge on any atom is -0.480 e. The summed E-state index contributed by atoms with van der Waals surface area (Å²) in [5.41, 5.74) is 0. The Morgan fingerprint density at radius 2 is 2.11 bits per heavy atom. The zero-order valence-electron chi connectivity index (χ0n) is 11.1. The predicted octanol–water partition coefficient (Wildman–Crippen LogP) is 0.221. The second-order valence-electron chi connectivity index (χ2n) is 4.63. The third kappa shape index (κ3) is 6.36. The summed E-state index contributed by atoms with van der Waals surface area (Å²) in [6, 6.07) is 0. The molecule has 0 saturated heterocycles. The van der Waals surface area contributed by atoms with Gasteiger partial charge in [-0.25, -0.2) is 4.98 Å². The lowest BCUT2D eigenvalue weighted by Gasteiger charge is -2.22. The minimum atomic E-state index is -0.767. The number of aryl methyl sites for hydroxylation is 1. The van der Waals surface area contributed by atoms with Crippen LogP contribution in [-0.4, -0.2) is 70.7 Å². The topological polar surface area (TPSA) is 61.6 Å². The molecule has 6 nitrogen and oxygen atoms in total. The lowest BCUT2D eigenvalue weighted by atomic mass is 10.3. The molecular weight excluding hydrogens is 232 g/mol. The fraction of sp³-hybridized carbons (Fsp3) is 0.667. The maximum absolute atomic E-state index is 10.8. The molecule has 1 aromatic heterocycles. The third-order valence-corrected chi connectivity index (χ3v) is 2.67. The molecular formula is C12H22N4O2. The van der Waals surface area contributed by atoms with Crippen LogP contribution in [0.2, 0.25) is 0 Å². The van der Waals surface area contributed by atoms with Crippen LogP contribution in [0.1, 0.15) is 6.42 Å². The lowest BCUT2D eigenvalue weighted by molar-refractivity contribution is -0.138. The molecule has 0 spiro atoms. The highest BCUT2D eigenvalue weighted by molar-refractivity contribution is 5.69. The number of imidazole rings is 1. The Labute approximate surface area is 108 Å². The van der Waals surface area contributed by atoms with Crippen molar-refractivity contribution in [1.29, 1.82) is 0 Å². The number of aromatic nitrogens is 2. The van der Waals surface area contributed by atoms with Gasteiger partial charge in [0.25, 0.3) is 0 Å². The van der Waals surface area contributed by atoms with Crippen molar-refractivity contribution in [1.82, 2.24) is 19.4 Å². The fourth-order valence-corrected chi connectivity index (χ4v) is 1.70. The molecule has 0 aromatic carbocycles. The van der Waals surface area contributed by atoms with Crippen LogP contribution < -0.4 is 0 Å². The standard InChI is InChI=1S/C12H22N4O2/c1-14(2)8-9-15(10-12(17)18)5-3-6-16-7-4-13-11-16/h4,7,11H,3,5-6,8-10H2,1-2H3,(H,17,18). The number of likely N-dealkylation sites (N-methyl/N-ethyl adjacent to an activating group) is 1. The average molecular weight is 254 g/mol. The highest BCUT2D eigenvalue weighted by Crippen LogP contribution is 1.96. The van der Waals surface area contributed by atoms with Crippen molar-refractivity contribution in [3.8, 4) is 0 Å². The molecule has 102 valence electrons. The number of carboxylic acids is 1. The Morgan fingerprint density at radius 3 is 2.67 bits per heavy atom. The summed E-state index contributed by atoms with van der Waals surface area (Å²) in [7, 11) is 3.98. The molecule has 1 heterocycles. The van der Waals surface area contributed by atoms with Crippen LogP contribution in [-0.2, 0) is 11.3 Å². The zero-order valence-corrected chi connectivity index (χ0v) is 11.1. The van der Waals surface area contributed by atoms with E-state index in [1.54, 1.807) is 12.5 Å². The van der Waals surface area contributed by atoms with Gasteiger partial charge in [0.2, 0.25) is 0 Å². The van der Waals surface area contributed by atoms with Gasteiger partial charge < -0.3 is 14.6 Å². The molecule has 0 radical (unpaired) electrons. The Hall–Kier alpha value is -1.40. The van der Waals surface area contributed by atoms with E-state index in [4.69, 9.17) is 5.11 Å². The number of hydrogen-bond acceptors (Lipinski definition) is 4. The highest BCUT2D eigenvalue weighted by Gasteiger charge is 2.09. The first kappa shape index (κ1) is 14.7. The van der Waals surface area contributed by atoms with Gasteiger partial charge >= 0.3 is 5.97 Å². The number of carbonyl (C=O) groups is 1. The molecule has 0 unspecified atom stereocenters. The molecule has 0 aliphatic heterocycles. The van der Waals surface area contributed by atoms with E-state index in [0.29, 0.717) is 0 Å². The molecule has 0 aliphatic rings. The van der Waals surface area contributed by atoms with Gasteiger partial charge in [-0.15, -0.1) is 0 Å². The summed E-state index contributed by atoms with van der Waals surface area (Å²) >= 11 is 0. The molecule has 0 amide bonds. The zero-order chi connectivity index (χ0) is 13.4. The summed E-state index contributed by atoms with van der Waals surface area (Å²) in [6.07, 6.45) is 6.38. The van der Waals surface area contributed by atoms with E-state index in [9.17, 15) is 4.79 Å². The number of hydrogen-bond donors (Lipinski definition) is 1. The molecule has 0 atom stereocenters. The SMILES string of the molecule is CN(C)CCN(CCCn1ccnc1)CC(=O)O. The van der Waals surface area contributed by atoms with Crippen molar-refractivity contribution >= 4 is 5.97 Å². The molecule has 0 saturated carbocycles. The van der Waals surface area contributed by atoms with E-state index in [1.165, 1.54) is 0 Å². The molecule has 0 bridgehead atoms. The number of carboxylic acid groups (broad SMARTS) is 1. The van der Waals surface area contributed by atoms with E-state index in [2.05, 4.69) is 9.88 Å². The maximum Gasteiger partial charge on any atom is 0.317 e. The van der Waals surface area contributed by atoms with Crippen LogP contribution in [0.4, 0.5) is 0 Å². The third-order valence-electron chi connectivity index (χ3n) is 2.67. The van der Waals surface area contributed by atoms with Crippen molar-refractivity contribution < 1.29 is 9.90 Å². The van der Waals surface area contributed by atoms with Crippen LogP contribution >= 0.6 is 0 Å². The van der Waals surface area contributed by atoms with E-state index in [0.717, 1.165) is 32.6 Å². The van der Waals surface area contributed by atoms with Crippen LogP contribution in [0.5, 0.6) is 0 Å². The summed E-state index contributed by atoms with van der Waals surface area (Å²) in [4.78, 5) is 18.8. The summed E-state index contributed by atoms with van der Waals surface area (Å²) in [5.74, 6) is -0.767. The van der Waals surface area contributed by atoms with Crippen LogP contribution in [0.25, 0.3) is 0 Å². The van der Waals surface area contributed by atoms with E-state index < -0.39 is 5.97 Å². The van der Waals surface area contributed by atoms with Crippen molar-refractivity contribution in [3.05, 3.63) is 18.7 Å². The molecule has 6 heteroatoms. The molecule has 18 heavy (non-hydrogen) atoms. The highest BCUT2D eigenvalue weighted by atomic mass is 16.4. The number of aliphatic carboxylic acids is 1. The molecule has 1 aromatic rings. The summed E-state index contributed by atoms with van der Waals surface area (Å²) in [6.45, 7) is 3.43. The second kappa shape index (κ2) is 7.84. The van der Waals surface area contributed by atoms with Gasteiger partial charge in [-0.1, -0.05) is 0 Å². The van der Waals surface area contributed by atoms with E-state index >= 15 is 0 Å². The van der Waals surface area contributed by atoms with Gasteiger partial charge in [0.05, 0.1) is 12.9 Å². The van der Waals surface area contributed by atoms with Gasteiger partial charge in [0.15, 0.2) is 0 Å². The lowest BCUT2D eigenvalue weighted by Crippen LogP contribution is -2.36. The Balaban J connectivity index is 2.28. The molecule has 1 N–H and O–H groups in total.